The van der Waals surface area contributed by atoms with Crippen molar-refractivity contribution in [1.82, 2.24) is 5.32 Å². The van der Waals surface area contributed by atoms with Crippen molar-refractivity contribution >= 4 is 40.7 Å². The Balaban J connectivity index is 1.89. The number of carbonyl (C=O) groups excluding carboxylic acids is 2. The molecule has 6 N–H and O–H groups in total. The van der Waals surface area contributed by atoms with Gasteiger partial charge in [-0.15, -0.1) is 0 Å². The molecule has 2 aliphatic rings. The monoisotopic (exact) mass is 552 g/mol. The number of aliphatic hydroxyl groups is 2. The largest absolute Gasteiger partial charge is 0.394 e. The number of hydrogen-bond donors (Lipinski definition) is 5. The van der Waals surface area contributed by atoms with E-state index in [-0.39, 0.29) is 35.2 Å². The fourth-order valence-electron chi connectivity index (χ4n) is 5.79. The number of nitrogens with two attached hydrogens (primary N) is 1. The van der Waals surface area contributed by atoms with Crippen molar-refractivity contribution in [2.45, 2.75) is 63.1 Å². The van der Waals surface area contributed by atoms with E-state index in [2.05, 4.69) is 10.6 Å². The summed E-state index contributed by atoms with van der Waals surface area (Å²) in [6, 6.07) is 8.44. The van der Waals surface area contributed by atoms with E-state index in [9.17, 15) is 19.1 Å². The van der Waals surface area contributed by atoms with Crippen LogP contribution in [0.2, 0.25) is 10.0 Å². The molecule has 37 heavy (non-hydrogen) atoms. The van der Waals surface area contributed by atoms with Crippen molar-refractivity contribution in [3.05, 3.63) is 63.4 Å². The normalized spacial score (nSPS) is 25.8. The second kappa shape index (κ2) is 10.6. The van der Waals surface area contributed by atoms with Gasteiger partial charge in [0.05, 0.1) is 24.3 Å². The lowest BCUT2D eigenvalue weighted by molar-refractivity contribution is -0.571. The Bertz CT molecular complexity index is 1200. The number of carbonyl (C=O) groups is 2. The van der Waals surface area contributed by atoms with Crippen molar-refractivity contribution in [2.24, 2.45) is 5.41 Å². The van der Waals surface area contributed by atoms with E-state index in [1.165, 1.54) is 17.4 Å². The lowest BCUT2D eigenvalue weighted by Crippen LogP contribution is -2.91. The first kappa shape index (κ1) is 28.0. The van der Waals surface area contributed by atoms with Crippen LogP contribution in [0.15, 0.2) is 36.4 Å². The van der Waals surface area contributed by atoms with Crippen LogP contribution in [-0.2, 0) is 15.0 Å². The molecule has 0 aliphatic carbocycles. The van der Waals surface area contributed by atoms with Crippen LogP contribution in [0.4, 0.5) is 10.1 Å². The van der Waals surface area contributed by atoms with Gasteiger partial charge in [-0.05, 0) is 47.2 Å². The van der Waals surface area contributed by atoms with Crippen molar-refractivity contribution in [2.75, 3.05) is 18.5 Å². The predicted octanol–water partition coefficient (Wildman–Crippen LogP) is 2.72. The van der Waals surface area contributed by atoms with Crippen LogP contribution in [0.1, 0.15) is 50.7 Å². The maximum absolute atomic E-state index is 14.9. The molecule has 0 bridgehead atoms. The van der Waals surface area contributed by atoms with Crippen LogP contribution in [0.5, 0.6) is 0 Å². The number of aliphatic hydroxyl groups excluding tert-OH is 2. The molecule has 2 heterocycles. The molecule has 200 valence electrons. The average molecular weight is 553 g/mol. The molecule has 1 unspecified atom stereocenters. The maximum atomic E-state index is 14.9. The summed E-state index contributed by atoms with van der Waals surface area (Å²) < 4.78 is 14.9. The molecule has 0 radical (unpaired) electrons. The first-order valence-electron chi connectivity index (χ1n) is 12.4. The molecule has 2 aliphatic heterocycles. The highest BCUT2D eigenvalue weighted by Gasteiger charge is 2.66. The van der Waals surface area contributed by atoms with Crippen LogP contribution >= 0.6 is 23.2 Å². The van der Waals surface area contributed by atoms with Crippen molar-refractivity contribution < 1.29 is 29.5 Å². The molecule has 2 aromatic rings. The number of halogens is 3. The van der Waals surface area contributed by atoms with Crippen molar-refractivity contribution in [3.63, 3.8) is 0 Å². The number of amides is 2. The Morgan fingerprint density at radius 2 is 1.97 bits per heavy atom. The number of fused-ring (bicyclic) bond motifs is 2. The highest BCUT2D eigenvalue weighted by atomic mass is 35.5. The standard InChI is InChI=1S/C27H32Cl2FN3O4/c1-26(2,3)12-21-27(17-10-19(30)18(29)11-20(17)32-25(27)37)22(14-5-4-6-15(28)9-14)23(33-21)24(36)31-8-7-16(35)13-34/h4-6,9-11,16,21-23,33-35H,7-8,12-13H2,1-3H3,(H,31,36)(H,32,37)/p+1/t16?,21-,22+,23-,27+/m1/s1. The van der Waals surface area contributed by atoms with Gasteiger partial charge in [0.25, 0.3) is 0 Å². The fourth-order valence-corrected chi connectivity index (χ4v) is 6.15. The molecule has 4 rings (SSSR count). The number of primary amides is 1. The smallest absolute Gasteiger partial charge is 0.328 e. The number of anilines is 1. The second-order valence-corrected chi connectivity index (χ2v) is 12.0. The van der Waals surface area contributed by atoms with Gasteiger partial charge in [-0.25, -0.2) is 9.18 Å². The SMILES string of the molecule is CC(C)(C)C[C@H]1N[C@@H](C(=O)[NH2+]CCC(O)CO)[C@H](c2cccc(Cl)c2)[C@@]12C(=O)Nc1cc(Cl)c(F)cc12. The Morgan fingerprint density at radius 3 is 2.62 bits per heavy atom. The zero-order valence-electron chi connectivity index (χ0n) is 21.0. The lowest BCUT2D eigenvalue weighted by atomic mass is 9.62. The molecule has 2 amide bonds. The van der Waals surface area contributed by atoms with Crippen LogP contribution in [0.25, 0.3) is 0 Å². The van der Waals surface area contributed by atoms with Crippen LogP contribution < -0.4 is 16.0 Å². The highest BCUT2D eigenvalue weighted by Crippen LogP contribution is 2.56. The van der Waals surface area contributed by atoms with Crippen LogP contribution in [-0.4, -0.2) is 53.4 Å². The molecule has 0 saturated carbocycles. The van der Waals surface area contributed by atoms with Gasteiger partial charge in [-0.2, -0.15) is 0 Å². The number of rotatable bonds is 7. The zero-order chi connectivity index (χ0) is 27.1. The van der Waals surface area contributed by atoms with E-state index in [1.807, 2.05) is 26.8 Å². The van der Waals surface area contributed by atoms with Gasteiger partial charge < -0.3 is 15.5 Å². The topological polar surface area (TPSA) is 115 Å². The molecule has 10 heteroatoms. The van der Waals surface area contributed by atoms with Crippen LogP contribution in [0.3, 0.4) is 0 Å². The summed E-state index contributed by atoms with van der Waals surface area (Å²) in [7, 11) is 0. The summed E-state index contributed by atoms with van der Waals surface area (Å²) in [4.78, 5) is 27.7. The summed E-state index contributed by atoms with van der Waals surface area (Å²) >= 11 is 12.4. The summed E-state index contributed by atoms with van der Waals surface area (Å²) in [6.07, 6.45) is -0.182. The van der Waals surface area contributed by atoms with E-state index in [4.69, 9.17) is 28.3 Å². The molecule has 1 saturated heterocycles. The zero-order valence-corrected chi connectivity index (χ0v) is 22.5. The molecular weight excluding hydrogens is 520 g/mol. The lowest BCUT2D eigenvalue weighted by Gasteiger charge is -2.37. The molecular formula is C27H33Cl2FN3O4+. The molecule has 7 nitrogen and oxygen atoms in total. The second-order valence-electron chi connectivity index (χ2n) is 11.1. The van der Waals surface area contributed by atoms with Gasteiger partial charge in [-0.1, -0.05) is 56.1 Å². The van der Waals surface area contributed by atoms with Crippen molar-refractivity contribution in [1.29, 1.82) is 0 Å². The minimum atomic E-state index is -1.31. The minimum absolute atomic E-state index is 0.0999. The van der Waals surface area contributed by atoms with Crippen molar-refractivity contribution in [3.8, 4) is 0 Å². The van der Waals surface area contributed by atoms with Gasteiger partial charge in [0, 0.05) is 29.1 Å². The third-order valence-corrected chi connectivity index (χ3v) is 7.80. The third kappa shape index (κ3) is 5.28. The van der Waals surface area contributed by atoms with E-state index < -0.39 is 41.9 Å². The molecule has 1 spiro atoms. The number of hydrogen-bond acceptors (Lipinski definition) is 5. The van der Waals surface area contributed by atoms with Gasteiger partial charge >= 0.3 is 5.91 Å². The maximum Gasteiger partial charge on any atom is 0.328 e. The van der Waals surface area contributed by atoms with E-state index in [0.29, 0.717) is 28.3 Å². The van der Waals surface area contributed by atoms with E-state index in [1.54, 1.807) is 18.2 Å². The molecule has 5 atom stereocenters. The summed E-state index contributed by atoms with van der Waals surface area (Å²) in [6.45, 7) is 6.00. The van der Waals surface area contributed by atoms with Gasteiger partial charge in [0.1, 0.15) is 17.3 Å². The first-order valence-corrected chi connectivity index (χ1v) is 13.1. The Kier molecular flexibility index (Phi) is 8.00. The number of benzene rings is 2. The predicted molar refractivity (Wildman–Crippen MR) is 140 cm³/mol. The van der Waals surface area contributed by atoms with Crippen LogP contribution in [0, 0.1) is 11.2 Å². The fraction of sp³-hybridized carbons (Fsp3) is 0.481. The minimum Gasteiger partial charge on any atom is -0.394 e. The Morgan fingerprint density at radius 1 is 1.24 bits per heavy atom. The molecule has 2 aromatic carbocycles. The van der Waals surface area contributed by atoms with Gasteiger partial charge in [-0.3, -0.25) is 15.4 Å². The number of nitrogens with one attached hydrogen (secondary N) is 2. The Labute approximate surface area is 225 Å². The quantitative estimate of drug-likeness (QED) is 0.362. The van der Waals surface area contributed by atoms with Gasteiger partial charge in [0.15, 0.2) is 0 Å². The third-order valence-electron chi connectivity index (χ3n) is 7.27. The number of quaternary nitrogens is 1. The molecule has 0 aromatic heterocycles. The summed E-state index contributed by atoms with van der Waals surface area (Å²) in [5, 5.41) is 27.0. The van der Waals surface area contributed by atoms with E-state index in [0.717, 1.165) is 0 Å². The first-order chi connectivity index (χ1) is 17.4. The highest BCUT2D eigenvalue weighted by molar-refractivity contribution is 6.31. The molecule has 1 fully saturated rings. The summed E-state index contributed by atoms with van der Waals surface area (Å²) in [5.74, 6) is -1.93. The van der Waals surface area contributed by atoms with E-state index >= 15 is 0 Å². The Hall–Kier alpha value is -2.07. The summed E-state index contributed by atoms with van der Waals surface area (Å²) in [5.41, 5.74) is 0.0170. The van der Waals surface area contributed by atoms with Gasteiger partial charge in [0.2, 0.25) is 5.91 Å². The average Bonchev–Trinajstić information content (AvgIpc) is 3.28.